The molecule has 1 heterocycles. The third kappa shape index (κ3) is 4.30. The molecule has 1 aliphatic heterocycles. The molecule has 2 rings (SSSR count). The van der Waals surface area contributed by atoms with Crippen molar-refractivity contribution in [3.8, 4) is 0 Å². The van der Waals surface area contributed by atoms with Crippen molar-refractivity contribution < 1.29 is 4.74 Å². The van der Waals surface area contributed by atoms with E-state index in [1.807, 2.05) is 0 Å². The Balaban J connectivity index is 1.80. The van der Waals surface area contributed by atoms with E-state index in [0.29, 0.717) is 0 Å². The summed E-state index contributed by atoms with van der Waals surface area (Å²) in [6, 6.07) is 8.69. The van der Waals surface area contributed by atoms with E-state index in [0.717, 1.165) is 39.4 Å². The highest BCUT2D eigenvalue weighted by Gasteiger charge is 2.27. The Bertz CT molecular complexity index is 397. The molecule has 0 amide bonds. The van der Waals surface area contributed by atoms with E-state index in [4.69, 9.17) is 4.74 Å². The number of nitrogens with one attached hydrogen (secondary N) is 1. The second-order valence-electron chi connectivity index (χ2n) is 6.00. The molecule has 0 spiro atoms. The summed E-state index contributed by atoms with van der Waals surface area (Å²) in [5, 5.41) is 3.58. The molecule has 0 bridgehead atoms. The van der Waals surface area contributed by atoms with Crippen molar-refractivity contribution >= 4 is 0 Å². The van der Waals surface area contributed by atoms with E-state index < -0.39 is 0 Å². The standard InChI is InChI=1S/C16H26N2O/c1-14-5-4-6-15(11-14)12-17-13-16(2,3)18-7-9-19-10-8-18/h4-6,11,17H,7-10,12-13H2,1-3H3. The first-order chi connectivity index (χ1) is 9.08. The second-order valence-corrected chi connectivity index (χ2v) is 6.00. The number of aryl methyl sites for hydroxylation is 1. The SMILES string of the molecule is Cc1cccc(CNCC(C)(C)N2CCOCC2)c1. The number of rotatable bonds is 5. The maximum Gasteiger partial charge on any atom is 0.0594 e. The third-order valence-electron chi connectivity index (χ3n) is 3.84. The van der Waals surface area contributed by atoms with Gasteiger partial charge in [-0.1, -0.05) is 29.8 Å². The van der Waals surface area contributed by atoms with Crippen molar-refractivity contribution in [3.05, 3.63) is 35.4 Å². The quantitative estimate of drug-likeness (QED) is 0.880. The first kappa shape index (κ1) is 14.5. The first-order valence-electron chi connectivity index (χ1n) is 7.17. The van der Waals surface area contributed by atoms with Crippen LogP contribution in [0.25, 0.3) is 0 Å². The monoisotopic (exact) mass is 262 g/mol. The zero-order valence-electron chi connectivity index (χ0n) is 12.4. The van der Waals surface area contributed by atoms with Gasteiger partial charge in [-0.15, -0.1) is 0 Å². The van der Waals surface area contributed by atoms with Gasteiger partial charge in [-0.25, -0.2) is 0 Å². The van der Waals surface area contributed by atoms with Crippen molar-refractivity contribution in [1.82, 2.24) is 10.2 Å². The summed E-state index contributed by atoms with van der Waals surface area (Å²) in [5.41, 5.74) is 2.87. The average molecular weight is 262 g/mol. The molecule has 0 atom stereocenters. The number of hydrogen-bond donors (Lipinski definition) is 1. The smallest absolute Gasteiger partial charge is 0.0594 e. The Labute approximate surface area is 116 Å². The predicted octanol–water partition coefficient (Wildman–Crippen LogP) is 2.20. The summed E-state index contributed by atoms with van der Waals surface area (Å²) >= 11 is 0. The Morgan fingerprint density at radius 1 is 1.26 bits per heavy atom. The molecule has 1 fully saturated rings. The summed E-state index contributed by atoms with van der Waals surface area (Å²) in [6.45, 7) is 12.5. The lowest BCUT2D eigenvalue weighted by atomic mass is 10.0. The maximum atomic E-state index is 5.42. The molecule has 0 aromatic heterocycles. The minimum absolute atomic E-state index is 0.188. The molecular weight excluding hydrogens is 236 g/mol. The van der Waals surface area contributed by atoms with Crippen LogP contribution in [0.15, 0.2) is 24.3 Å². The highest BCUT2D eigenvalue weighted by Crippen LogP contribution is 2.15. The van der Waals surface area contributed by atoms with Gasteiger partial charge in [-0.05, 0) is 26.3 Å². The van der Waals surface area contributed by atoms with Crippen LogP contribution in [0.3, 0.4) is 0 Å². The average Bonchev–Trinajstić information content (AvgIpc) is 2.40. The predicted molar refractivity (Wildman–Crippen MR) is 79.4 cm³/mol. The fourth-order valence-corrected chi connectivity index (χ4v) is 2.62. The van der Waals surface area contributed by atoms with Gasteiger partial charge in [0.15, 0.2) is 0 Å². The van der Waals surface area contributed by atoms with E-state index in [-0.39, 0.29) is 5.54 Å². The van der Waals surface area contributed by atoms with Crippen LogP contribution in [-0.2, 0) is 11.3 Å². The van der Waals surface area contributed by atoms with E-state index in [1.54, 1.807) is 0 Å². The molecular formula is C16H26N2O. The molecule has 1 aromatic carbocycles. The van der Waals surface area contributed by atoms with Gasteiger partial charge >= 0.3 is 0 Å². The normalized spacial score (nSPS) is 17.6. The highest BCUT2D eigenvalue weighted by atomic mass is 16.5. The molecule has 0 saturated carbocycles. The summed E-state index contributed by atoms with van der Waals surface area (Å²) in [7, 11) is 0. The zero-order chi connectivity index (χ0) is 13.7. The molecule has 1 saturated heterocycles. The van der Waals surface area contributed by atoms with Crippen molar-refractivity contribution in [2.75, 3.05) is 32.8 Å². The van der Waals surface area contributed by atoms with Crippen LogP contribution in [0, 0.1) is 6.92 Å². The molecule has 0 aliphatic carbocycles. The van der Waals surface area contributed by atoms with Crippen LogP contribution in [-0.4, -0.2) is 43.3 Å². The molecule has 0 unspecified atom stereocenters. The van der Waals surface area contributed by atoms with E-state index in [2.05, 4.69) is 55.3 Å². The van der Waals surface area contributed by atoms with E-state index in [9.17, 15) is 0 Å². The van der Waals surface area contributed by atoms with Gasteiger partial charge in [-0.2, -0.15) is 0 Å². The van der Waals surface area contributed by atoms with E-state index in [1.165, 1.54) is 11.1 Å². The van der Waals surface area contributed by atoms with Gasteiger partial charge in [0.2, 0.25) is 0 Å². The Hall–Kier alpha value is -0.900. The number of ether oxygens (including phenoxy) is 1. The highest BCUT2D eigenvalue weighted by molar-refractivity contribution is 5.21. The van der Waals surface area contributed by atoms with Crippen LogP contribution >= 0.6 is 0 Å². The topological polar surface area (TPSA) is 24.5 Å². The molecule has 3 heteroatoms. The Morgan fingerprint density at radius 2 is 2.00 bits per heavy atom. The number of hydrogen-bond acceptors (Lipinski definition) is 3. The summed E-state index contributed by atoms with van der Waals surface area (Å²) in [4.78, 5) is 2.51. The zero-order valence-corrected chi connectivity index (χ0v) is 12.4. The van der Waals surface area contributed by atoms with Crippen LogP contribution in [0.2, 0.25) is 0 Å². The fraction of sp³-hybridized carbons (Fsp3) is 0.625. The van der Waals surface area contributed by atoms with Gasteiger partial charge in [0.05, 0.1) is 13.2 Å². The van der Waals surface area contributed by atoms with E-state index >= 15 is 0 Å². The first-order valence-corrected chi connectivity index (χ1v) is 7.17. The lowest BCUT2D eigenvalue weighted by molar-refractivity contribution is -0.00966. The van der Waals surface area contributed by atoms with Gasteiger partial charge in [0.1, 0.15) is 0 Å². The number of benzene rings is 1. The largest absolute Gasteiger partial charge is 0.379 e. The molecule has 1 N–H and O–H groups in total. The fourth-order valence-electron chi connectivity index (χ4n) is 2.62. The van der Waals surface area contributed by atoms with Crippen LogP contribution in [0.5, 0.6) is 0 Å². The Morgan fingerprint density at radius 3 is 2.68 bits per heavy atom. The molecule has 3 nitrogen and oxygen atoms in total. The Kier molecular flexibility index (Phi) is 4.97. The second kappa shape index (κ2) is 6.51. The molecule has 106 valence electrons. The number of nitrogens with zero attached hydrogens (tertiary/aromatic N) is 1. The lowest BCUT2D eigenvalue weighted by Crippen LogP contribution is -2.54. The van der Waals surface area contributed by atoms with Crippen LogP contribution < -0.4 is 5.32 Å². The van der Waals surface area contributed by atoms with Crippen LogP contribution in [0.4, 0.5) is 0 Å². The van der Waals surface area contributed by atoms with Gasteiger partial charge in [0.25, 0.3) is 0 Å². The van der Waals surface area contributed by atoms with Crippen LogP contribution in [0.1, 0.15) is 25.0 Å². The molecule has 0 radical (unpaired) electrons. The molecule has 1 aliphatic rings. The molecule has 1 aromatic rings. The lowest BCUT2D eigenvalue weighted by Gasteiger charge is -2.41. The van der Waals surface area contributed by atoms with Gasteiger partial charge in [-0.3, -0.25) is 4.90 Å². The van der Waals surface area contributed by atoms with Crippen molar-refractivity contribution in [1.29, 1.82) is 0 Å². The summed E-state index contributed by atoms with van der Waals surface area (Å²) < 4.78 is 5.42. The van der Waals surface area contributed by atoms with Crippen molar-refractivity contribution in [2.45, 2.75) is 32.9 Å². The summed E-state index contributed by atoms with van der Waals surface area (Å²) in [5.74, 6) is 0. The third-order valence-corrected chi connectivity index (χ3v) is 3.84. The minimum Gasteiger partial charge on any atom is -0.379 e. The minimum atomic E-state index is 0.188. The summed E-state index contributed by atoms with van der Waals surface area (Å²) in [6.07, 6.45) is 0. The van der Waals surface area contributed by atoms with Gasteiger partial charge < -0.3 is 10.1 Å². The number of morpholine rings is 1. The maximum absolute atomic E-state index is 5.42. The van der Waals surface area contributed by atoms with Crippen molar-refractivity contribution in [2.24, 2.45) is 0 Å². The van der Waals surface area contributed by atoms with Gasteiger partial charge in [0, 0.05) is 31.7 Å². The van der Waals surface area contributed by atoms with Crippen molar-refractivity contribution in [3.63, 3.8) is 0 Å². The molecule has 19 heavy (non-hydrogen) atoms.